The van der Waals surface area contributed by atoms with Crippen molar-refractivity contribution in [1.82, 2.24) is 4.90 Å². The van der Waals surface area contributed by atoms with Gasteiger partial charge in [-0.15, -0.1) is 23.2 Å². The van der Waals surface area contributed by atoms with Crippen LogP contribution in [0.1, 0.15) is 53.5 Å². The number of carbonyl (C=O) groups excluding carboxylic acids is 3. The molecule has 4 aliphatic rings. The van der Waals surface area contributed by atoms with Crippen molar-refractivity contribution in [1.29, 1.82) is 0 Å². The van der Waals surface area contributed by atoms with Crippen LogP contribution in [0.5, 0.6) is 0 Å². The number of carbonyl (C=O) groups is 3. The number of halogens is 3. The van der Waals surface area contributed by atoms with E-state index in [4.69, 9.17) is 23.2 Å². The van der Waals surface area contributed by atoms with Gasteiger partial charge < -0.3 is 5.32 Å². The molecule has 2 bridgehead atoms. The average Bonchev–Trinajstić information content (AvgIpc) is 3.19. The fraction of sp³-hybridized carbons (Fsp3) is 0.323. The molecule has 0 saturated carbocycles. The van der Waals surface area contributed by atoms with Gasteiger partial charge in [-0.25, -0.2) is 0 Å². The lowest BCUT2D eigenvalue weighted by Crippen LogP contribution is -2.57. The highest BCUT2D eigenvalue weighted by molar-refractivity contribution is 9.10. The number of anilines is 1. The normalized spacial score (nSPS) is 26.3. The number of hydrogen-bond donors (Lipinski definition) is 1. The summed E-state index contributed by atoms with van der Waals surface area (Å²) in [5.41, 5.74) is 5.02. The fourth-order valence-corrected chi connectivity index (χ4v) is 7.97. The number of nitrogens with zero attached hydrogens (tertiary/aromatic N) is 1. The maximum atomic E-state index is 13.8. The van der Waals surface area contributed by atoms with Crippen LogP contribution in [0.2, 0.25) is 0 Å². The summed E-state index contributed by atoms with van der Waals surface area (Å²) < 4.78 is 0.993. The summed E-state index contributed by atoms with van der Waals surface area (Å²) in [5, 5.41) is 2.92. The molecule has 3 aliphatic carbocycles. The Kier molecular flexibility index (Phi) is 6.64. The van der Waals surface area contributed by atoms with Crippen molar-refractivity contribution in [2.24, 2.45) is 11.8 Å². The van der Waals surface area contributed by atoms with Gasteiger partial charge in [0.25, 0.3) is 0 Å². The van der Waals surface area contributed by atoms with Crippen LogP contribution in [0.4, 0.5) is 5.69 Å². The molecule has 1 heterocycles. The topological polar surface area (TPSA) is 66.5 Å². The van der Waals surface area contributed by atoms with Gasteiger partial charge in [-0.2, -0.15) is 0 Å². The third kappa shape index (κ3) is 3.90. The molecular formula is C31H27BrCl2N2O3. The average molecular weight is 626 g/mol. The summed E-state index contributed by atoms with van der Waals surface area (Å²) in [6.45, 7) is 2.25. The van der Waals surface area contributed by atoms with Crippen LogP contribution in [-0.2, 0) is 24.1 Å². The number of hydrogen-bond acceptors (Lipinski definition) is 3. The molecule has 8 heteroatoms. The van der Waals surface area contributed by atoms with E-state index in [0.717, 1.165) is 38.0 Å². The van der Waals surface area contributed by atoms with Crippen molar-refractivity contribution in [2.75, 3.05) is 11.9 Å². The van der Waals surface area contributed by atoms with Crippen LogP contribution in [0.25, 0.3) is 0 Å². The number of benzene rings is 3. The van der Waals surface area contributed by atoms with Gasteiger partial charge in [0.05, 0.1) is 11.8 Å². The van der Waals surface area contributed by atoms with Crippen molar-refractivity contribution in [2.45, 2.75) is 42.4 Å². The number of nitrogens with one attached hydrogen (secondary N) is 1. The van der Waals surface area contributed by atoms with Gasteiger partial charge in [0.1, 0.15) is 9.75 Å². The van der Waals surface area contributed by atoms with Crippen LogP contribution in [0, 0.1) is 18.8 Å². The number of rotatable bonds is 7. The molecule has 3 aromatic carbocycles. The largest absolute Gasteiger partial charge is 0.326 e. The molecule has 200 valence electrons. The third-order valence-corrected chi connectivity index (χ3v) is 10.6. The van der Waals surface area contributed by atoms with Crippen LogP contribution in [0.15, 0.2) is 71.2 Å². The van der Waals surface area contributed by atoms with E-state index < -0.39 is 21.6 Å². The van der Waals surface area contributed by atoms with Crippen molar-refractivity contribution < 1.29 is 14.4 Å². The molecule has 0 spiro atoms. The number of amides is 3. The van der Waals surface area contributed by atoms with E-state index in [1.54, 1.807) is 0 Å². The first kappa shape index (κ1) is 26.5. The Morgan fingerprint density at radius 1 is 0.846 bits per heavy atom. The summed E-state index contributed by atoms with van der Waals surface area (Å²) in [6, 6.07) is 21.0. The highest BCUT2D eigenvalue weighted by atomic mass is 79.9. The molecule has 1 N–H and O–H groups in total. The van der Waals surface area contributed by atoms with Gasteiger partial charge in [0, 0.05) is 23.1 Å². The Balaban J connectivity index is 1.15. The molecule has 0 aromatic heterocycles. The van der Waals surface area contributed by atoms with E-state index >= 15 is 0 Å². The summed E-state index contributed by atoms with van der Waals surface area (Å²) in [5.74, 6) is -2.13. The number of imide groups is 1. The quantitative estimate of drug-likeness (QED) is 0.177. The Bertz CT molecular complexity index is 1400. The second kappa shape index (κ2) is 9.76. The summed E-state index contributed by atoms with van der Waals surface area (Å²) in [7, 11) is 0. The summed E-state index contributed by atoms with van der Waals surface area (Å²) >= 11 is 18.4. The van der Waals surface area contributed by atoms with Gasteiger partial charge in [0.2, 0.25) is 17.7 Å². The van der Waals surface area contributed by atoms with Gasteiger partial charge in [-0.3, -0.25) is 19.3 Å². The number of unbranched alkanes of at least 4 members (excludes halogenated alkanes) is 2. The van der Waals surface area contributed by atoms with Crippen LogP contribution in [-0.4, -0.2) is 29.2 Å². The van der Waals surface area contributed by atoms with Crippen LogP contribution < -0.4 is 5.32 Å². The molecule has 1 saturated heterocycles. The van der Waals surface area contributed by atoms with Crippen LogP contribution in [0.3, 0.4) is 0 Å². The lowest BCUT2D eigenvalue weighted by Gasteiger charge is -2.54. The monoisotopic (exact) mass is 624 g/mol. The lowest BCUT2D eigenvalue weighted by atomic mass is 9.54. The zero-order chi connectivity index (χ0) is 27.5. The van der Waals surface area contributed by atoms with Crippen molar-refractivity contribution in [3.05, 3.63) is 99.0 Å². The first-order chi connectivity index (χ1) is 18.7. The van der Waals surface area contributed by atoms with E-state index in [2.05, 4.69) is 21.2 Å². The van der Waals surface area contributed by atoms with Crippen molar-refractivity contribution >= 4 is 62.5 Å². The highest BCUT2D eigenvalue weighted by Gasteiger charge is 2.72. The maximum Gasteiger partial charge on any atom is 0.235 e. The van der Waals surface area contributed by atoms with Crippen molar-refractivity contribution in [3.63, 3.8) is 0 Å². The molecule has 0 unspecified atom stereocenters. The predicted octanol–water partition coefficient (Wildman–Crippen LogP) is 6.85. The Morgan fingerprint density at radius 3 is 1.85 bits per heavy atom. The Labute approximate surface area is 246 Å². The van der Waals surface area contributed by atoms with Crippen LogP contribution >= 0.6 is 39.1 Å². The van der Waals surface area contributed by atoms with Gasteiger partial charge >= 0.3 is 0 Å². The minimum atomic E-state index is -1.15. The number of aryl methyl sites for hydroxylation is 1. The van der Waals surface area contributed by atoms with Gasteiger partial charge in [-0.05, 0) is 65.8 Å². The fourth-order valence-electron chi connectivity index (χ4n) is 6.62. The van der Waals surface area contributed by atoms with E-state index in [9.17, 15) is 14.4 Å². The molecular weight excluding hydrogens is 599 g/mol. The molecule has 1 aliphatic heterocycles. The second-order valence-corrected chi connectivity index (χ2v) is 12.7. The molecule has 7 rings (SSSR count). The number of likely N-dealkylation sites (tertiary alicyclic amines) is 1. The summed E-state index contributed by atoms with van der Waals surface area (Å²) in [6.07, 6.45) is 2.33. The van der Waals surface area contributed by atoms with E-state index in [1.165, 1.54) is 4.90 Å². The van der Waals surface area contributed by atoms with Gasteiger partial charge in [0.15, 0.2) is 0 Å². The third-order valence-electron chi connectivity index (χ3n) is 8.40. The van der Waals surface area contributed by atoms with E-state index in [-0.39, 0.29) is 24.3 Å². The Hall–Kier alpha value is -2.67. The molecule has 3 amide bonds. The minimum Gasteiger partial charge on any atom is -0.326 e. The first-order valence-corrected chi connectivity index (χ1v) is 14.7. The van der Waals surface area contributed by atoms with Gasteiger partial charge in [-0.1, -0.05) is 70.9 Å². The second-order valence-electron chi connectivity index (χ2n) is 10.6. The molecule has 5 nitrogen and oxygen atoms in total. The van der Waals surface area contributed by atoms with E-state index in [0.29, 0.717) is 25.7 Å². The molecule has 2 atom stereocenters. The summed E-state index contributed by atoms with van der Waals surface area (Å²) in [4.78, 5) is 39.1. The Morgan fingerprint density at radius 2 is 1.36 bits per heavy atom. The lowest BCUT2D eigenvalue weighted by molar-refractivity contribution is -0.140. The molecule has 39 heavy (non-hydrogen) atoms. The molecule has 3 aromatic rings. The zero-order valence-corrected chi connectivity index (χ0v) is 24.4. The first-order valence-electron chi connectivity index (χ1n) is 13.2. The molecule has 0 radical (unpaired) electrons. The van der Waals surface area contributed by atoms with Crippen molar-refractivity contribution in [3.8, 4) is 0 Å². The minimum absolute atomic E-state index is 0.0589. The SMILES string of the molecule is Cc1cc(NC(=O)CCCCCN2C(=O)[C@H]3[C@H](C2=O)C2(Cl)c4ccccc4C3(Cl)c3ccccc32)ccc1Br. The number of alkyl halides is 2. The molecule has 1 fully saturated rings. The standard InChI is InChI=1S/C31H27BrCl2N2O3/c1-18-17-19(14-15-24(18)32)35-25(37)13-3-2-8-16-36-28(38)26-27(29(36)39)31(34)21-10-5-4-9-20(21)30(26,33)22-11-6-7-12-23(22)31/h4-7,9-12,14-15,17,26-27H,2-3,8,13,16H2,1H3,(H,35,37)/t26-,27-,30?,31?/m1/s1. The highest BCUT2D eigenvalue weighted by Crippen LogP contribution is 2.69. The smallest absolute Gasteiger partial charge is 0.235 e. The maximum absolute atomic E-state index is 13.8. The zero-order valence-electron chi connectivity index (χ0n) is 21.3. The van der Waals surface area contributed by atoms with E-state index in [1.807, 2.05) is 73.7 Å². The predicted molar refractivity (Wildman–Crippen MR) is 156 cm³/mol.